The van der Waals surface area contributed by atoms with Crippen LogP contribution in [0.25, 0.3) is 5.82 Å². The Labute approximate surface area is 165 Å². The molecule has 0 aromatic carbocycles. The third-order valence-corrected chi connectivity index (χ3v) is 5.25. The molecule has 2 aromatic heterocycles. The minimum Gasteiger partial charge on any atom is -0.480 e. The molecule has 8 heteroatoms. The van der Waals surface area contributed by atoms with Gasteiger partial charge in [0, 0.05) is 12.6 Å². The molecule has 8 nitrogen and oxygen atoms in total. The van der Waals surface area contributed by atoms with Crippen molar-refractivity contribution in [1.82, 2.24) is 25.3 Å². The molecule has 0 unspecified atom stereocenters. The number of carbonyl (C=O) groups is 1. The maximum Gasteiger partial charge on any atom is 0.254 e. The molecule has 3 rings (SSSR count). The molecule has 0 aliphatic heterocycles. The van der Waals surface area contributed by atoms with Gasteiger partial charge in [-0.1, -0.05) is 26.7 Å². The topological polar surface area (TPSA) is 91.2 Å². The lowest BCUT2D eigenvalue weighted by molar-refractivity contribution is -0.00294. The van der Waals surface area contributed by atoms with Crippen molar-refractivity contribution < 1.29 is 14.3 Å². The Balaban J connectivity index is 1.58. The smallest absolute Gasteiger partial charge is 0.254 e. The van der Waals surface area contributed by atoms with Crippen molar-refractivity contribution in [2.75, 3.05) is 20.3 Å². The molecule has 2 atom stereocenters. The molecule has 0 spiro atoms. The zero-order valence-electron chi connectivity index (χ0n) is 16.9. The van der Waals surface area contributed by atoms with Crippen LogP contribution in [0, 0.1) is 5.92 Å². The van der Waals surface area contributed by atoms with Crippen LogP contribution in [0.5, 0.6) is 5.88 Å². The van der Waals surface area contributed by atoms with E-state index >= 15 is 0 Å². The highest BCUT2D eigenvalue weighted by atomic mass is 16.5. The van der Waals surface area contributed by atoms with Gasteiger partial charge in [0.25, 0.3) is 5.91 Å². The second kappa shape index (κ2) is 9.64. The van der Waals surface area contributed by atoms with Crippen LogP contribution in [0.15, 0.2) is 18.3 Å². The highest BCUT2D eigenvalue weighted by molar-refractivity contribution is 5.95. The number of nitrogens with one attached hydrogen (secondary N) is 1. The van der Waals surface area contributed by atoms with E-state index in [4.69, 9.17) is 9.47 Å². The van der Waals surface area contributed by atoms with Crippen LogP contribution in [0.2, 0.25) is 0 Å². The van der Waals surface area contributed by atoms with Gasteiger partial charge in [-0.05, 0) is 31.2 Å². The number of rotatable bonds is 8. The molecule has 0 bridgehead atoms. The minimum atomic E-state index is -0.148. The second-order valence-electron chi connectivity index (χ2n) is 7.13. The van der Waals surface area contributed by atoms with E-state index in [1.165, 1.54) is 26.4 Å². The fourth-order valence-electron chi connectivity index (χ4n) is 3.64. The maximum atomic E-state index is 12.6. The summed E-state index contributed by atoms with van der Waals surface area (Å²) in [6, 6.07) is 3.48. The highest BCUT2D eigenvalue weighted by Crippen LogP contribution is 2.26. The van der Waals surface area contributed by atoms with Gasteiger partial charge in [0.1, 0.15) is 0 Å². The number of hydrogen-bond donors (Lipinski definition) is 1. The Morgan fingerprint density at radius 3 is 2.79 bits per heavy atom. The largest absolute Gasteiger partial charge is 0.480 e. The first-order chi connectivity index (χ1) is 13.6. The van der Waals surface area contributed by atoms with Gasteiger partial charge in [-0.15, -0.1) is 10.2 Å². The first-order valence-electron chi connectivity index (χ1n) is 9.98. The van der Waals surface area contributed by atoms with Gasteiger partial charge in [0.15, 0.2) is 5.82 Å². The van der Waals surface area contributed by atoms with Crippen molar-refractivity contribution in [3.05, 3.63) is 29.6 Å². The van der Waals surface area contributed by atoms with Gasteiger partial charge >= 0.3 is 0 Å². The summed E-state index contributed by atoms with van der Waals surface area (Å²) in [4.78, 5) is 12.6. The van der Waals surface area contributed by atoms with Crippen molar-refractivity contribution in [3.8, 4) is 11.7 Å². The van der Waals surface area contributed by atoms with Crippen LogP contribution < -0.4 is 10.1 Å². The molecule has 1 amide bonds. The summed E-state index contributed by atoms with van der Waals surface area (Å²) >= 11 is 0. The van der Waals surface area contributed by atoms with Crippen molar-refractivity contribution in [3.63, 3.8) is 0 Å². The lowest BCUT2D eigenvalue weighted by atomic mass is 9.88. The summed E-state index contributed by atoms with van der Waals surface area (Å²) in [5.41, 5.74) is 1.34. The molecule has 0 radical (unpaired) electrons. The molecule has 0 saturated heterocycles. The first kappa shape index (κ1) is 20.3. The van der Waals surface area contributed by atoms with Crippen molar-refractivity contribution in [1.29, 1.82) is 0 Å². The Kier molecular flexibility index (Phi) is 6.97. The van der Waals surface area contributed by atoms with E-state index in [0.29, 0.717) is 48.9 Å². The molecule has 152 valence electrons. The van der Waals surface area contributed by atoms with Gasteiger partial charge in [-0.2, -0.15) is 5.10 Å². The Morgan fingerprint density at radius 1 is 1.29 bits per heavy atom. The third-order valence-electron chi connectivity index (χ3n) is 5.25. The molecule has 1 aliphatic carbocycles. The molecule has 2 heterocycles. The average molecular weight is 387 g/mol. The summed E-state index contributed by atoms with van der Waals surface area (Å²) in [5.74, 6) is 1.43. The minimum absolute atomic E-state index is 0.148. The molecule has 28 heavy (non-hydrogen) atoms. The van der Waals surface area contributed by atoms with Gasteiger partial charge in [0.2, 0.25) is 5.88 Å². The normalized spacial score (nSPS) is 19.4. The molecular weight excluding hydrogens is 358 g/mol. The van der Waals surface area contributed by atoms with Crippen molar-refractivity contribution in [2.24, 2.45) is 5.92 Å². The van der Waals surface area contributed by atoms with E-state index in [9.17, 15) is 4.79 Å². The SMILES string of the molecule is CCc1c(C(=O)NCCO[C@H]2CCCC[C@@H]2C)cnn1-c1ccc(OC)nn1. The predicted octanol–water partition coefficient (Wildman–Crippen LogP) is 2.56. The van der Waals surface area contributed by atoms with E-state index in [2.05, 4.69) is 27.5 Å². The molecule has 1 N–H and O–H groups in total. The van der Waals surface area contributed by atoms with E-state index in [1.54, 1.807) is 23.0 Å². The summed E-state index contributed by atoms with van der Waals surface area (Å²) in [6.07, 6.45) is 7.40. The number of amides is 1. The maximum absolute atomic E-state index is 12.6. The predicted molar refractivity (Wildman–Crippen MR) is 105 cm³/mol. The number of aromatic nitrogens is 4. The monoisotopic (exact) mass is 387 g/mol. The van der Waals surface area contributed by atoms with E-state index < -0.39 is 0 Å². The molecule has 1 aliphatic rings. The number of hydrogen-bond acceptors (Lipinski definition) is 6. The lowest BCUT2D eigenvalue weighted by Gasteiger charge is -2.28. The molecule has 1 saturated carbocycles. The van der Waals surface area contributed by atoms with Crippen molar-refractivity contribution in [2.45, 2.75) is 52.1 Å². The van der Waals surface area contributed by atoms with Crippen LogP contribution in [-0.2, 0) is 11.2 Å². The second-order valence-corrected chi connectivity index (χ2v) is 7.13. The molecule has 2 aromatic rings. The summed E-state index contributed by atoms with van der Waals surface area (Å²) in [5, 5.41) is 15.3. The van der Waals surface area contributed by atoms with E-state index in [0.717, 1.165) is 12.1 Å². The van der Waals surface area contributed by atoms with E-state index in [-0.39, 0.29) is 5.91 Å². The van der Waals surface area contributed by atoms with Crippen LogP contribution in [-0.4, -0.2) is 52.3 Å². The quantitative estimate of drug-likeness (QED) is 0.700. The number of ether oxygens (including phenoxy) is 2. The lowest BCUT2D eigenvalue weighted by Crippen LogP contribution is -2.32. The van der Waals surface area contributed by atoms with Crippen LogP contribution in [0.3, 0.4) is 0 Å². The zero-order chi connectivity index (χ0) is 19.9. The Morgan fingerprint density at radius 2 is 2.11 bits per heavy atom. The third kappa shape index (κ3) is 4.67. The first-order valence-corrected chi connectivity index (χ1v) is 9.98. The summed E-state index contributed by atoms with van der Waals surface area (Å²) < 4.78 is 12.6. The van der Waals surface area contributed by atoms with Crippen LogP contribution in [0.4, 0.5) is 0 Å². The van der Waals surface area contributed by atoms with Crippen LogP contribution in [0.1, 0.15) is 55.6 Å². The Bertz CT molecular complexity index is 775. The zero-order valence-corrected chi connectivity index (χ0v) is 16.9. The Hall–Kier alpha value is -2.48. The standard InChI is InChI=1S/C20H29N5O3/c1-4-16-15(13-22-25(16)18-9-10-19(27-3)24-23-18)20(26)21-11-12-28-17-8-6-5-7-14(17)2/h9-10,13-14,17H,4-8,11-12H2,1-3H3,(H,21,26)/t14-,17-/m0/s1. The number of methoxy groups -OCH3 is 1. The highest BCUT2D eigenvalue weighted by Gasteiger charge is 2.22. The van der Waals surface area contributed by atoms with Gasteiger partial charge in [-0.3, -0.25) is 4.79 Å². The van der Waals surface area contributed by atoms with Gasteiger partial charge in [0.05, 0.1) is 37.3 Å². The van der Waals surface area contributed by atoms with Crippen LogP contribution >= 0.6 is 0 Å². The van der Waals surface area contributed by atoms with Crippen molar-refractivity contribution >= 4 is 5.91 Å². The average Bonchev–Trinajstić information content (AvgIpc) is 3.16. The summed E-state index contributed by atoms with van der Waals surface area (Å²) in [7, 11) is 1.54. The van der Waals surface area contributed by atoms with Gasteiger partial charge < -0.3 is 14.8 Å². The fraction of sp³-hybridized carbons (Fsp3) is 0.600. The summed E-state index contributed by atoms with van der Waals surface area (Å²) in [6.45, 7) is 5.24. The number of carbonyl (C=O) groups excluding carboxylic acids is 1. The van der Waals surface area contributed by atoms with E-state index in [1.807, 2.05) is 6.92 Å². The number of nitrogens with zero attached hydrogens (tertiary/aromatic N) is 4. The van der Waals surface area contributed by atoms with Gasteiger partial charge in [-0.25, -0.2) is 4.68 Å². The molecular formula is C20H29N5O3. The molecule has 1 fully saturated rings. The fourth-order valence-corrected chi connectivity index (χ4v) is 3.64.